The fraction of sp³-hybridized carbons (Fsp3) is 0.429. The summed E-state index contributed by atoms with van der Waals surface area (Å²) in [5, 5.41) is 6.69. The van der Waals surface area contributed by atoms with Crippen molar-refractivity contribution in [1.82, 2.24) is 0 Å². The van der Waals surface area contributed by atoms with Crippen molar-refractivity contribution < 1.29 is 9.59 Å². The van der Waals surface area contributed by atoms with E-state index in [9.17, 15) is 9.59 Å². The molecule has 1 aliphatic carbocycles. The number of amides is 3. The van der Waals surface area contributed by atoms with Crippen molar-refractivity contribution in [3.8, 4) is 0 Å². The monoisotopic (exact) mass is 419 g/mol. The Morgan fingerprint density at radius 1 is 1.25 bits per heavy atom. The number of halogens is 1. The van der Waals surface area contributed by atoms with E-state index in [0.29, 0.717) is 27.2 Å². The van der Waals surface area contributed by atoms with Gasteiger partial charge in [-0.3, -0.25) is 10.1 Å². The summed E-state index contributed by atoms with van der Waals surface area (Å²) >= 11 is 7.34. The molecular formula is C21H26ClN3O2S. The highest BCUT2D eigenvalue weighted by Gasteiger charge is 2.35. The Balaban J connectivity index is 1.81. The fourth-order valence-electron chi connectivity index (χ4n) is 3.69. The van der Waals surface area contributed by atoms with Crippen LogP contribution in [0.4, 0.5) is 15.5 Å². The minimum Gasteiger partial charge on any atom is -0.365 e. The molecule has 5 nitrogen and oxygen atoms in total. The van der Waals surface area contributed by atoms with Crippen LogP contribution in [0.5, 0.6) is 0 Å². The van der Waals surface area contributed by atoms with Gasteiger partial charge in [-0.05, 0) is 60.4 Å². The van der Waals surface area contributed by atoms with Crippen molar-refractivity contribution in [3.63, 3.8) is 0 Å². The molecule has 4 N–H and O–H groups in total. The molecule has 1 aromatic heterocycles. The van der Waals surface area contributed by atoms with Gasteiger partial charge in [0, 0.05) is 15.6 Å². The lowest BCUT2D eigenvalue weighted by molar-refractivity contribution is 0.1000. The van der Waals surface area contributed by atoms with Crippen LogP contribution in [0.2, 0.25) is 5.02 Å². The number of rotatable bonds is 5. The van der Waals surface area contributed by atoms with Crippen LogP contribution < -0.4 is 16.4 Å². The summed E-state index contributed by atoms with van der Waals surface area (Å²) in [6.07, 6.45) is 3.87. The van der Waals surface area contributed by atoms with E-state index in [1.54, 1.807) is 24.3 Å². The molecule has 0 bridgehead atoms. The minimum absolute atomic E-state index is 0.244. The molecule has 3 amide bonds. The molecule has 3 rings (SSSR count). The average molecular weight is 420 g/mol. The van der Waals surface area contributed by atoms with E-state index in [0.717, 1.165) is 36.1 Å². The highest BCUT2D eigenvalue weighted by molar-refractivity contribution is 7.17. The Morgan fingerprint density at radius 3 is 2.54 bits per heavy atom. The summed E-state index contributed by atoms with van der Waals surface area (Å²) in [7, 11) is 0. The molecule has 7 heteroatoms. The van der Waals surface area contributed by atoms with Crippen LogP contribution in [-0.4, -0.2) is 11.9 Å². The van der Waals surface area contributed by atoms with Crippen molar-refractivity contribution in [2.24, 2.45) is 17.1 Å². The highest BCUT2D eigenvalue weighted by Crippen LogP contribution is 2.45. The van der Waals surface area contributed by atoms with E-state index in [1.807, 2.05) is 0 Å². The Kier molecular flexibility index (Phi) is 6.01. The Hall–Kier alpha value is -2.05. The smallest absolute Gasteiger partial charge is 0.324 e. The summed E-state index contributed by atoms with van der Waals surface area (Å²) in [5.41, 5.74) is 7.98. The maximum atomic E-state index is 12.4. The van der Waals surface area contributed by atoms with Crippen molar-refractivity contribution in [3.05, 3.63) is 45.3 Å². The number of anilines is 2. The van der Waals surface area contributed by atoms with Gasteiger partial charge in [0.25, 0.3) is 5.91 Å². The van der Waals surface area contributed by atoms with Gasteiger partial charge in [0.1, 0.15) is 5.00 Å². The van der Waals surface area contributed by atoms with Crippen molar-refractivity contribution in [2.45, 2.75) is 46.5 Å². The van der Waals surface area contributed by atoms with Crippen LogP contribution in [0.1, 0.15) is 54.4 Å². The zero-order valence-corrected chi connectivity index (χ0v) is 18.0. The number of fused-ring (bicyclic) bond motifs is 1. The Labute approximate surface area is 174 Å². The van der Waals surface area contributed by atoms with Gasteiger partial charge < -0.3 is 11.1 Å². The predicted molar refractivity (Wildman–Crippen MR) is 117 cm³/mol. The van der Waals surface area contributed by atoms with E-state index >= 15 is 0 Å². The van der Waals surface area contributed by atoms with Crippen LogP contribution in [0.25, 0.3) is 0 Å². The molecule has 1 aromatic carbocycles. The molecule has 2 aromatic rings. The number of carbonyl (C=O) groups is 2. The molecule has 0 saturated carbocycles. The molecular weight excluding hydrogens is 394 g/mol. The third kappa shape index (κ3) is 4.33. The molecule has 28 heavy (non-hydrogen) atoms. The van der Waals surface area contributed by atoms with Crippen molar-refractivity contribution >= 4 is 45.6 Å². The lowest BCUT2D eigenvalue weighted by Gasteiger charge is -2.36. The summed E-state index contributed by atoms with van der Waals surface area (Å²) in [4.78, 5) is 25.7. The maximum Gasteiger partial charge on any atom is 0.324 e. The number of hydrogen-bond acceptors (Lipinski definition) is 3. The van der Waals surface area contributed by atoms with Crippen LogP contribution in [-0.2, 0) is 12.8 Å². The predicted octanol–water partition coefficient (Wildman–Crippen LogP) is 5.69. The molecule has 0 radical (unpaired) electrons. The molecule has 1 atom stereocenters. The number of nitrogens with one attached hydrogen (secondary N) is 2. The number of primary amides is 1. The number of hydrogen-bond donors (Lipinski definition) is 3. The first-order valence-corrected chi connectivity index (χ1v) is 10.7. The van der Waals surface area contributed by atoms with Gasteiger partial charge in [0.15, 0.2) is 0 Å². The Bertz CT molecular complexity index is 890. The molecule has 1 aliphatic rings. The number of benzene rings is 1. The van der Waals surface area contributed by atoms with Crippen LogP contribution in [0.3, 0.4) is 0 Å². The van der Waals surface area contributed by atoms with E-state index < -0.39 is 11.9 Å². The van der Waals surface area contributed by atoms with E-state index in [1.165, 1.54) is 11.3 Å². The molecule has 0 saturated heterocycles. The normalized spacial score (nSPS) is 16.4. The number of nitrogens with two attached hydrogens (primary N) is 1. The van der Waals surface area contributed by atoms with Gasteiger partial charge in [0.05, 0.1) is 5.56 Å². The average Bonchev–Trinajstić information content (AvgIpc) is 3.00. The van der Waals surface area contributed by atoms with Gasteiger partial charge >= 0.3 is 6.03 Å². The zero-order valence-electron chi connectivity index (χ0n) is 16.4. The van der Waals surface area contributed by atoms with Gasteiger partial charge in [0.2, 0.25) is 0 Å². The second-order valence-electron chi connectivity index (χ2n) is 7.94. The SMILES string of the molecule is CCC(C)(C)C1CCc2c(sc(NC(=O)Nc3ccc(Cl)cc3)c2C(N)=O)C1. The van der Waals surface area contributed by atoms with Gasteiger partial charge in [-0.2, -0.15) is 0 Å². The molecule has 0 aliphatic heterocycles. The first-order chi connectivity index (χ1) is 13.2. The molecule has 1 unspecified atom stereocenters. The van der Waals surface area contributed by atoms with E-state index in [2.05, 4.69) is 31.4 Å². The highest BCUT2D eigenvalue weighted by atomic mass is 35.5. The van der Waals surface area contributed by atoms with Gasteiger partial charge in [-0.15, -0.1) is 11.3 Å². The standard InChI is InChI=1S/C21H26ClN3O2S/c1-4-21(2,3)12-5-10-15-16(11-12)28-19(17(15)18(23)26)25-20(27)24-14-8-6-13(22)7-9-14/h6-9,12H,4-5,10-11H2,1-3H3,(H2,23,26)(H2,24,25,27). The minimum atomic E-state index is -0.493. The van der Waals surface area contributed by atoms with Gasteiger partial charge in [-0.25, -0.2) is 4.79 Å². The summed E-state index contributed by atoms with van der Waals surface area (Å²) in [6.45, 7) is 6.81. The number of urea groups is 1. The van der Waals surface area contributed by atoms with Crippen LogP contribution in [0.15, 0.2) is 24.3 Å². The van der Waals surface area contributed by atoms with Gasteiger partial charge in [-0.1, -0.05) is 38.8 Å². The molecule has 0 spiro atoms. The van der Waals surface area contributed by atoms with E-state index in [-0.39, 0.29) is 5.41 Å². The van der Waals surface area contributed by atoms with Crippen molar-refractivity contribution in [1.29, 1.82) is 0 Å². The maximum absolute atomic E-state index is 12.4. The largest absolute Gasteiger partial charge is 0.365 e. The van der Waals surface area contributed by atoms with E-state index in [4.69, 9.17) is 17.3 Å². The number of carbonyl (C=O) groups excluding carboxylic acids is 2. The quantitative estimate of drug-likeness (QED) is 0.581. The Morgan fingerprint density at radius 2 is 1.93 bits per heavy atom. The first-order valence-electron chi connectivity index (χ1n) is 9.49. The second-order valence-corrected chi connectivity index (χ2v) is 9.48. The summed E-state index contributed by atoms with van der Waals surface area (Å²) < 4.78 is 0. The van der Waals surface area contributed by atoms with Crippen LogP contribution in [0, 0.1) is 11.3 Å². The summed E-state index contributed by atoms with van der Waals surface area (Å²) in [5.74, 6) is 0.0626. The third-order valence-corrected chi connectivity index (χ3v) is 7.28. The summed E-state index contributed by atoms with van der Waals surface area (Å²) in [6, 6.07) is 6.42. The van der Waals surface area contributed by atoms with Crippen molar-refractivity contribution in [2.75, 3.05) is 10.6 Å². The fourth-order valence-corrected chi connectivity index (χ4v) is 5.14. The number of thiophene rings is 1. The third-order valence-electron chi connectivity index (χ3n) is 5.86. The first kappa shape index (κ1) is 20.7. The van der Waals surface area contributed by atoms with Crippen LogP contribution >= 0.6 is 22.9 Å². The second kappa shape index (κ2) is 8.13. The molecule has 150 valence electrons. The topological polar surface area (TPSA) is 84.2 Å². The zero-order chi connectivity index (χ0) is 20.5. The molecule has 0 fully saturated rings. The lowest BCUT2D eigenvalue weighted by atomic mass is 9.69. The lowest BCUT2D eigenvalue weighted by Crippen LogP contribution is -2.29. The molecule has 1 heterocycles.